The topological polar surface area (TPSA) is 119 Å². The minimum absolute atomic E-state index is 0.0250. The second kappa shape index (κ2) is 10.1. The zero-order valence-corrected chi connectivity index (χ0v) is 18.3. The molecular formula is C23H30N6O3. The molecule has 2 aliphatic rings. The fraction of sp³-hybridized carbons (Fsp3) is 0.478. The SMILES string of the molecule is CNC(=O)C1CC(Nc2cc(C(=O)NC[C@H](O)CN3CCc4ccccc4C3)ncn2)C1. The van der Waals surface area contributed by atoms with Crippen LogP contribution in [0.3, 0.4) is 0 Å². The third-order valence-corrected chi connectivity index (χ3v) is 6.18. The smallest absolute Gasteiger partial charge is 0.270 e. The number of amides is 2. The van der Waals surface area contributed by atoms with E-state index < -0.39 is 6.10 Å². The standard InChI is InChI=1S/C23H30N6O3/c1-24-22(31)17-8-18(9-17)28-21-10-20(26-14-27-21)23(32)25-11-19(30)13-29-7-6-15-4-2-3-5-16(15)12-29/h2-5,10,14,17-19,30H,6-9,11-13H2,1H3,(H,24,31)(H,25,32)(H,26,27,28)/t17?,18?,19-/m0/s1. The first-order valence-corrected chi connectivity index (χ1v) is 11.1. The van der Waals surface area contributed by atoms with Crippen molar-refractivity contribution in [2.75, 3.05) is 32.0 Å². The van der Waals surface area contributed by atoms with Crippen molar-refractivity contribution in [3.05, 3.63) is 53.5 Å². The molecule has 1 atom stereocenters. The molecule has 4 N–H and O–H groups in total. The second-order valence-corrected chi connectivity index (χ2v) is 8.53. The molecule has 0 radical (unpaired) electrons. The van der Waals surface area contributed by atoms with Gasteiger partial charge in [-0.25, -0.2) is 9.97 Å². The summed E-state index contributed by atoms with van der Waals surface area (Å²) in [5.74, 6) is 0.281. The molecule has 0 unspecified atom stereocenters. The third kappa shape index (κ3) is 5.41. The lowest BCUT2D eigenvalue weighted by atomic mass is 9.79. The van der Waals surface area contributed by atoms with E-state index in [-0.39, 0.29) is 36.0 Å². The normalized spacial score (nSPS) is 21.1. The van der Waals surface area contributed by atoms with Crippen LogP contribution in [-0.4, -0.2) is 70.6 Å². The Balaban J connectivity index is 1.22. The van der Waals surface area contributed by atoms with Crippen LogP contribution in [0.1, 0.15) is 34.5 Å². The first-order chi connectivity index (χ1) is 15.5. The number of anilines is 1. The number of benzene rings is 1. The lowest BCUT2D eigenvalue weighted by molar-refractivity contribution is -0.127. The van der Waals surface area contributed by atoms with Gasteiger partial charge in [0.2, 0.25) is 5.91 Å². The van der Waals surface area contributed by atoms with Crippen LogP contribution in [0.4, 0.5) is 5.82 Å². The van der Waals surface area contributed by atoms with Crippen molar-refractivity contribution >= 4 is 17.6 Å². The summed E-state index contributed by atoms with van der Waals surface area (Å²) in [6.45, 7) is 2.36. The van der Waals surface area contributed by atoms with E-state index in [1.165, 1.54) is 17.5 Å². The van der Waals surface area contributed by atoms with Gasteiger partial charge in [0.25, 0.3) is 5.91 Å². The van der Waals surface area contributed by atoms with Gasteiger partial charge in [0, 0.05) is 51.3 Å². The van der Waals surface area contributed by atoms with Crippen LogP contribution in [0.5, 0.6) is 0 Å². The first kappa shape index (κ1) is 22.2. The van der Waals surface area contributed by atoms with Crippen molar-refractivity contribution in [3.63, 3.8) is 0 Å². The van der Waals surface area contributed by atoms with Crippen molar-refractivity contribution in [2.45, 2.75) is 38.0 Å². The van der Waals surface area contributed by atoms with E-state index in [4.69, 9.17) is 0 Å². The maximum Gasteiger partial charge on any atom is 0.270 e. The Bertz CT molecular complexity index is 962. The molecule has 32 heavy (non-hydrogen) atoms. The quantitative estimate of drug-likeness (QED) is 0.475. The number of β-amino-alcohol motifs (C(OH)–C–C–N with tert-alkyl or cyclic N) is 1. The third-order valence-electron chi connectivity index (χ3n) is 6.18. The predicted molar refractivity (Wildman–Crippen MR) is 120 cm³/mol. The molecule has 1 saturated carbocycles. The number of fused-ring (bicyclic) bond motifs is 1. The lowest BCUT2D eigenvalue weighted by Crippen LogP contribution is -2.43. The van der Waals surface area contributed by atoms with E-state index in [9.17, 15) is 14.7 Å². The summed E-state index contributed by atoms with van der Waals surface area (Å²) in [5.41, 5.74) is 2.90. The molecule has 0 saturated heterocycles. The van der Waals surface area contributed by atoms with Crippen molar-refractivity contribution in [1.29, 1.82) is 0 Å². The summed E-state index contributed by atoms with van der Waals surface area (Å²) >= 11 is 0. The number of rotatable bonds is 8. The molecule has 4 rings (SSSR count). The molecule has 9 nitrogen and oxygen atoms in total. The summed E-state index contributed by atoms with van der Waals surface area (Å²) < 4.78 is 0. The zero-order valence-electron chi connectivity index (χ0n) is 18.3. The molecule has 1 aliphatic carbocycles. The van der Waals surface area contributed by atoms with Crippen molar-refractivity contribution in [1.82, 2.24) is 25.5 Å². The molecule has 0 bridgehead atoms. The van der Waals surface area contributed by atoms with Crippen LogP contribution in [-0.2, 0) is 17.8 Å². The van der Waals surface area contributed by atoms with E-state index >= 15 is 0 Å². The van der Waals surface area contributed by atoms with Crippen LogP contribution in [0, 0.1) is 5.92 Å². The van der Waals surface area contributed by atoms with Gasteiger partial charge in [-0.3, -0.25) is 14.5 Å². The number of hydrogen-bond acceptors (Lipinski definition) is 7. The largest absolute Gasteiger partial charge is 0.390 e. The Morgan fingerprint density at radius 1 is 1.22 bits per heavy atom. The van der Waals surface area contributed by atoms with E-state index in [2.05, 4.69) is 49.0 Å². The molecule has 9 heteroatoms. The molecule has 2 amide bonds. The molecule has 2 aromatic rings. The Labute approximate surface area is 187 Å². The second-order valence-electron chi connectivity index (χ2n) is 8.53. The Hall–Kier alpha value is -3.04. The summed E-state index contributed by atoms with van der Waals surface area (Å²) in [6.07, 6.45) is 3.11. The summed E-state index contributed by atoms with van der Waals surface area (Å²) in [4.78, 5) is 34.5. The highest BCUT2D eigenvalue weighted by Gasteiger charge is 2.34. The fourth-order valence-corrected chi connectivity index (χ4v) is 4.30. The molecule has 1 aliphatic heterocycles. The predicted octanol–water partition coefficient (Wildman–Crippen LogP) is 0.562. The summed E-state index contributed by atoms with van der Waals surface area (Å²) in [6, 6.07) is 10.1. The lowest BCUT2D eigenvalue weighted by Gasteiger charge is -2.34. The van der Waals surface area contributed by atoms with Gasteiger partial charge in [-0.15, -0.1) is 0 Å². The number of carbonyl (C=O) groups is 2. The highest BCUT2D eigenvalue weighted by atomic mass is 16.3. The van der Waals surface area contributed by atoms with Gasteiger partial charge in [0.1, 0.15) is 17.8 Å². The van der Waals surface area contributed by atoms with Crippen LogP contribution >= 0.6 is 0 Å². The van der Waals surface area contributed by atoms with E-state index in [1.54, 1.807) is 13.1 Å². The molecule has 1 aromatic heterocycles. The van der Waals surface area contributed by atoms with E-state index in [0.29, 0.717) is 12.4 Å². The molecular weight excluding hydrogens is 408 g/mol. The van der Waals surface area contributed by atoms with Crippen LogP contribution in [0.25, 0.3) is 0 Å². The first-order valence-electron chi connectivity index (χ1n) is 11.1. The molecule has 170 valence electrons. The number of aliphatic hydroxyl groups excluding tert-OH is 1. The van der Waals surface area contributed by atoms with Crippen LogP contribution < -0.4 is 16.0 Å². The number of nitrogens with zero attached hydrogens (tertiary/aromatic N) is 3. The molecule has 0 spiro atoms. The Morgan fingerprint density at radius 2 is 2.00 bits per heavy atom. The van der Waals surface area contributed by atoms with E-state index in [1.807, 2.05) is 6.07 Å². The van der Waals surface area contributed by atoms with Crippen LogP contribution in [0.2, 0.25) is 0 Å². The highest BCUT2D eigenvalue weighted by molar-refractivity contribution is 5.92. The van der Waals surface area contributed by atoms with Crippen molar-refractivity contribution < 1.29 is 14.7 Å². The monoisotopic (exact) mass is 438 g/mol. The minimum Gasteiger partial charge on any atom is -0.390 e. The zero-order chi connectivity index (χ0) is 22.5. The van der Waals surface area contributed by atoms with Crippen molar-refractivity contribution in [3.8, 4) is 0 Å². The average Bonchev–Trinajstić information content (AvgIpc) is 2.79. The van der Waals surface area contributed by atoms with Gasteiger partial charge in [0.05, 0.1) is 6.10 Å². The van der Waals surface area contributed by atoms with Crippen molar-refractivity contribution in [2.24, 2.45) is 5.92 Å². The highest BCUT2D eigenvalue weighted by Crippen LogP contribution is 2.29. The molecule has 1 fully saturated rings. The summed E-state index contributed by atoms with van der Waals surface area (Å²) in [5, 5.41) is 19.1. The van der Waals surface area contributed by atoms with E-state index in [0.717, 1.165) is 32.4 Å². The number of aromatic nitrogens is 2. The Kier molecular flexibility index (Phi) is 6.96. The van der Waals surface area contributed by atoms with Gasteiger partial charge < -0.3 is 21.1 Å². The van der Waals surface area contributed by atoms with Crippen LogP contribution in [0.15, 0.2) is 36.7 Å². The van der Waals surface area contributed by atoms with Gasteiger partial charge in [-0.05, 0) is 30.4 Å². The number of nitrogens with one attached hydrogen (secondary N) is 3. The van der Waals surface area contributed by atoms with Gasteiger partial charge in [-0.2, -0.15) is 0 Å². The Morgan fingerprint density at radius 3 is 2.78 bits per heavy atom. The van der Waals surface area contributed by atoms with Gasteiger partial charge in [-0.1, -0.05) is 24.3 Å². The fourth-order valence-electron chi connectivity index (χ4n) is 4.30. The number of aliphatic hydroxyl groups is 1. The maximum absolute atomic E-state index is 12.5. The number of carbonyl (C=O) groups excluding carboxylic acids is 2. The maximum atomic E-state index is 12.5. The summed E-state index contributed by atoms with van der Waals surface area (Å²) in [7, 11) is 1.64. The van der Waals surface area contributed by atoms with Gasteiger partial charge in [0.15, 0.2) is 0 Å². The molecule has 1 aromatic carbocycles. The molecule has 2 heterocycles. The number of hydrogen-bond donors (Lipinski definition) is 4. The van der Waals surface area contributed by atoms with Gasteiger partial charge >= 0.3 is 0 Å². The average molecular weight is 439 g/mol. The minimum atomic E-state index is -0.666.